The smallest absolute Gasteiger partial charge is 0.329 e. The Morgan fingerprint density at radius 2 is 1.94 bits per heavy atom. The fourth-order valence-electron chi connectivity index (χ4n) is 4.50. The number of nitrogens with zero attached hydrogens (tertiary/aromatic N) is 1. The van der Waals surface area contributed by atoms with Crippen LogP contribution in [0.3, 0.4) is 0 Å². The van der Waals surface area contributed by atoms with Gasteiger partial charge >= 0.3 is 6.03 Å². The number of urea groups is 1. The molecule has 3 amide bonds. The van der Waals surface area contributed by atoms with E-state index in [9.17, 15) is 14.0 Å². The average Bonchev–Trinajstić information content (AvgIpc) is 2.95. The van der Waals surface area contributed by atoms with Gasteiger partial charge in [0, 0.05) is 22.9 Å². The van der Waals surface area contributed by atoms with Gasteiger partial charge in [-0.3, -0.25) is 15.0 Å². The zero-order chi connectivity index (χ0) is 22.2. The number of carbonyl (C=O) groups excluding carboxylic acids is 2. The Bertz CT molecular complexity index is 1010. The van der Waals surface area contributed by atoms with Crippen LogP contribution in [0, 0.1) is 5.82 Å². The van der Waals surface area contributed by atoms with E-state index in [1.54, 1.807) is 6.07 Å². The summed E-state index contributed by atoms with van der Waals surface area (Å²) < 4.78 is 20.3. The minimum atomic E-state index is -0.987. The van der Waals surface area contributed by atoms with Crippen LogP contribution in [0.4, 0.5) is 14.9 Å². The minimum Gasteiger partial charge on any atom is -0.491 e. The maximum atomic E-state index is 13.9. The molecule has 164 valence electrons. The number of quaternary nitrogens is 1. The number of rotatable bonds is 5. The van der Waals surface area contributed by atoms with Crippen LogP contribution in [0.15, 0.2) is 46.9 Å². The Labute approximate surface area is 189 Å². The summed E-state index contributed by atoms with van der Waals surface area (Å²) in [6, 6.07) is 11.7. The average molecular weight is 491 g/mol. The van der Waals surface area contributed by atoms with Gasteiger partial charge in [-0.2, -0.15) is 0 Å². The molecule has 0 atom stereocenters. The number of hydrogen-bond donors (Lipinski definition) is 2. The molecule has 4 rings (SSSR count). The number of amides is 3. The molecule has 2 N–H and O–H groups in total. The van der Waals surface area contributed by atoms with Crippen molar-refractivity contribution in [3.63, 3.8) is 0 Å². The Balaban J connectivity index is 1.51. The van der Waals surface area contributed by atoms with Gasteiger partial charge < -0.3 is 9.64 Å². The number of likely N-dealkylation sites (tertiary alicyclic amines) is 1. The van der Waals surface area contributed by atoms with E-state index in [0.717, 1.165) is 25.4 Å². The summed E-state index contributed by atoms with van der Waals surface area (Å²) in [6.45, 7) is 6.25. The number of piperidine rings is 1. The molecule has 0 saturated carbocycles. The Hall–Kier alpha value is -2.45. The van der Waals surface area contributed by atoms with E-state index >= 15 is 0 Å². The van der Waals surface area contributed by atoms with Crippen LogP contribution in [0.5, 0.6) is 5.75 Å². The summed E-state index contributed by atoms with van der Waals surface area (Å²) >= 11 is 3.40. The Morgan fingerprint density at radius 1 is 1.19 bits per heavy atom. The minimum absolute atomic E-state index is 0.115. The van der Waals surface area contributed by atoms with Crippen molar-refractivity contribution in [1.29, 1.82) is 0 Å². The van der Waals surface area contributed by atoms with Crippen molar-refractivity contribution in [2.75, 3.05) is 18.0 Å². The first-order chi connectivity index (χ1) is 14.8. The largest absolute Gasteiger partial charge is 0.491 e. The van der Waals surface area contributed by atoms with Gasteiger partial charge in [-0.05, 0) is 60.1 Å². The lowest BCUT2D eigenvalue weighted by Gasteiger charge is -2.40. The van der Waals surface area contributed by atoms with Crippen LogP contribution < -0.4 is 19.9 Å². The number of nitrogens with one attached hydrogen (secondary N) is 2. The van der Waals surface area contributed by atoms with Gasteiger partial charge in [-0.1, -0.05) is 12.1 Å². The highest BCUT2D eigenvalue weighted by atomic mass is 79.9. The van der Waals surface area contributed by atoms with Gasteiger partial charge in [0.25, 0.3) is 5.91 Å². The molecule has 6 nitrogen and oxygen atoms in total. The number of benzene rings is 2. The van der Waals surface area contributed by atoms with Crippen molar-refractivity contribution in [1.82, 2.24) is 5.32 Å². The monoisotopic (exact) mass is 490 g/mol. The van der Waals surface area contributed by atoms with Crippen LogP contribution in [0.1, 0.15) is 32.3 Å². The van der Waals surface area contributed by atoms with Gasteiger partial charge in [0.15, 0.2) is 0 Å². The SMILES string of the molecule is CC(C)Oc1cccc(C[NH+]2CCC3(CC2)C(=O)NC(=O)N3c2cc(F)ccc2Br)c1. The third kappa shape index (κ3) is 4.32. The summed E-state index contributed by atoms with van der Waals surface area (Å²) in [5, 5.41) is 2.44. The molecule has 0 aromatic heterocycles. The molecule has 31 heavy (non-hydrogen) atoms. The summed E-state index contributed by atoms with van der Waals surface area (Å²) in [6.07, 6.45) is 1.12. The normalized spacial score (nSPS) is 23.5. The highest BCUT2D eigenvalue weighted by Gasteiger charge is 2.56. The van der Waals surface area contributed by atoms with Crippen LogP contribution in [0.25, 0.3) is 0 Å². The quantitative estimate of drug-likeness (QED) is 0.633. The maximum absolute atomic E-state index is 13.9. The van der Waals surface area contributed by atoms with Crippen molar-refractivity contribution >= 4 is 33.6 Å². The maximum Gasteiger partial charge on any atom is 0.329 e. The molecule has 0 radical (unpaired) electrons. The molecule has 2 aliphatic rings. The Morgan fingerprint density at radius 3 is 2.65 bits per heavy atom. The number of halogens is 2. The highest BCUT2D eigenvalue weighted by Crippen LogP contribution is 2.39. The second-order valence-corrected chi connectivity index (χ2v) is 9.32. The van der Waals surface area contributed by atoms with Crippen LogP contribution in [-0.2, 0) is 11.3 Å². The van der Waals surface area contributed by atoms with Gasteiger partial charge in [0.1, 0.15) is 23.7 Å². The first-order valence-electron chi connectivity index (χ1n) is 10.5. The van der Waals surface area contributed by atoms with E-state index in [0.29, 0.717) is 23.0 Å². The van der Waals surface area contributed by atoms with E-state index in [4.69, 9.17) is 4.74 Å². The molecule has 2 fully saturated rings. The zero-order valence-electron chi connectivity index (χ0n) is 17.6. The lowest BCUT2D eigenvalue weighted by molar-refractivity contribution is -0.919. The number of hydrogen-bond acceptors (Lipinski definition) is 3. The van der Waals surface area contributed by atoms with Crippen LogP contribution in [-0.4, -0.2) is 36.7 Å². The summed E-state index contributed by atoms with van der Waals surface area (Å²) in [5.74, 6) is 0.0929. The van der Waals surface area contributed by atoms with E-state index in [1.807, 2.05) is 26.0 Å². The van der Waals surface area contributed by atoms with Gasteiger partial charge in [0.2, 0.25) is 0 Å². The standard InChI is InChI=1S/C23H25BrFN3O3/c1-15(2)31-18-5-3-4-16(12-18)14-27-10-8-23(9-11-27)21(29)26-22(30)28(23)20-13-17(25)6-7-19(20)24/h3-7,12-13,15H,8-11,14H2,1-2H3,(H,26,29,30)/p+1. The third-order valence-corrected chi connectivity index (χ3v) is 6.60. The topological polar surface area (TPSA) is 63.1 Å². The van der Waals surface area contributed by atoms with E-state index in [2.05, 4.69) is 33.4 Å². The lowest BCUT2D eigenvalue weighted by atomic mass is 9.85. The Kier molecular flexibility index (Phi) is 6.03. The van der Waals surface area contributed by atoms with Crippen molar-refractivity contribution in [2.45, 2.75) is 44.9 Å². The zero-order valence-corrected chi connectivity index (χ0v) is 19.2. The molecule has 2 aromatic carbocycles. The van der Waals surface area contributed by atoms with Crippen molar-refractivity contribution in [2.24, 2.45) is 0 Å². The number of anilines is 1. The van der Waals surface area contributed by atoms with Gasteiger partial charge in [-0.15, -0.1) is 0 Å². The number of carbonyl (C=O) groups is 2. The lowest BCUT2D eigenvalue weighted by Crippen LogP contribution is -3.12. The predicted octanol–water partition coefficient (Wildman–Crippen LogP) is 3.05. The van der Waals surface area contributed by atoms with Crippen LogP contribution >= 0.6 is 15.9 Å². The van der Waals surface area contributed by atoms with Crippen molar-refractivity contribution in [3.8, 4) is 5.75 Å². The molecular formula is C23H26BrFN3O3+. The summed E-state index contributed by atoms with van der Waals surface area (Å²) in [4.78, 5) is 28.3. The molecule has 2 heterocycles. The van der Waals surface area contributed by atoms with E-state index < -0.39 is 17.4 Å². The third-order valence-electron chi connectivity index (χ3n) is 5.93. The van der Waals surface area contributed by atoms with Gasteiger partial charge in [-0.25, -0.2) is 9.18 Å². The van der Waals surface area contributed by atoms with E-state index in [1.165, 1.54) is 27.5 Å². The first-order valence-corrected chi connectivity index (χ1v) is 11.3. The molecular weight excluding hydrogens is 465 g/mol. The highest BCUT2D eigenvalue weighted by molar-refractivity contribution is 9.10. The molecule has 1 spiro atoms. The van der Waals surface area contributed by atoms with Gasteiger partial charge in [0.05, 0.1) is 24.9 Å². The van der Waals surface area contributed by atoms with Crippen LogP contribution in [0.2, 0.25) is 0 Å². The molecule has 2 aliphatic heterocycles. The molecule has 0 aliphatic carbocycles. The van der Waals surface area contributed by atoms with E-state index in [-0.39, 0.29) is 12.0 Å². The fourth-order valence-corrected chi connectivity index (χ4v) is 4.92. The fraction of sp³-hybridized carbons (Fsp3) is 0.391. The molecule has 2 saturated heterocycles. The summed E-state index contributed by atoms with van der Waals surface area (Å²) in [7, 11) is 0. The molecule has 0 bridgehead atoms. The van der Waals surface area contributed by atoms with Crippen molar-refractivity contribution < 1.29 is 23.6 Å². The second kappa shape index (κ2) is 8.59. The van der Waals surface area contributed by atoms with Crippen molar-refractivity contribution in [3.05, 3.63) is 58.3 Å². The summed E-state index contributed by atoms with van der Waals surface area (Å²) in [5.41, 5.74) is 0.561. The first kappa shape index (κ1) is 21.8. The number of imide groups is 1. The second-order valence-electron chi connectivity index (χ2n) is 8.46. The molecule has 0 unspecified atom stereocenters. The molecule has 8 heteroatoms. The molecule has 2 aromatic rings. The number of ether oxygens (including phenoxy) is 1. The predicted molar refractivity (Wildman–Crippen MR) is 119 cm³/mol.